The predicted molar refractivity (Wildman–Crippen MR) is 69.2 cm³/mol. The number of amides is 1. The molecule has 1 aromatic heterocycles. The van der Waals surface area contributed by atoms with Crippen LogP contribution in [-0.4, -0.2) is 10.5 Å². The van der Waals surface area contributed by atoms with Gasteiger partial charge in [0, 0.05) is 30.2 Å². The Bertz CT molecular complexity index is 534. The van der Waals surface area contributed by atoms with E-state index >= 15 is 0 Å². The maximum absolute atomic E-state index is 11.7. The third-order valence-electron chi connectivity index (χ3n) is 2.37. The monoisotopic (exact) mass is 248 g/mol. The molecular weight excluding hydrogens is 236 g/mol. The van der Waals surface area contributed by atoms with Crippen LogP contribution in [0.15, 0.2) is 42.7 Å². The van der Waals surface area contributed by atoms with Gasteiger partial charge in [-0.25, -0.2) is 0 Å². The molecule has 0 radical (unpaired) electrons. The van der Waals surface area contributed by atoms with E-state index in [4.69, 9.17) is 11.6 Å². The van der Waals surface area contributed by atoms with Gasteiger partial charge < -0.3 is 9.88 Å². The van der Waals surface area contributed by atoms with Crippen molar-refractivity contribution < 1.29 is 4.79 Å². The summed E-state index contributed by atoms with van der Waals surface area (Å²) in [6.07, 6.45) is 4.22. The van der Waals surface area contributed by atoms with E-state index in [1.165, 1.54) is 0 Å². The molecule has 0 unspecified atom stereocenters. The topological polar surface area (TPSA) is 34.0 Å². The first-order valence-corrected chi connectivity index (χ1v) is 5.67. The van der Waals surface area contributed by atoms with Gasteiger partial charge in [-0.2, -0.15) is 0 Å². The summed E-state index contributed by atoms with van der Waals surface area (Å²) in [5.41, 5.74) is 1.71. The second kappa shape index (κ2) is 5.06. The fraction of sp³-hybridized carbons (Fsp3) is 0.154. The van der Waals surface area contributed by atoms with Gasteiger partial charge in [-0.3, -0.25) is 4.79 Å². The van der Waals surface area contributed by atoms with Crippen LogP contribution in [0.5, 0.6) is 0 Å². The molecule has 2 rings (SSSR count). The Hall–Kier alpha value is -1.74. The largest absolute Gasteiger partial charge is 0.357 e. The van der Waals surface area contributed by atoms with Gasteiger partial charge in [0.15, 0.2) is 0 Å². The maximum Gasteiger partial charge on any atom is 0.228 e. The molecular formula is C13H13ClN2O. The van der Waals surface area contributed by atoms with Crippen molar-refractivity contribution in [2.45, 2.75) is 6.42 Å². The smallest absolute Gasteiger partial charge is 0.228 e. The van der Waals surface area contributed by atoms with Crippen molar-refractivity contribution in [3.8, 4) is 0 Å². The third kappa shape index (κ3) is 3.36. The average molecular weight is 249 g/mol. The minimum atomic E-state index is -0.0431. The second-order valence-electron chi connectivity index (χ2n) is 3.92. The van der Waals surface area contributed by atoms with Crippen LogP contribution in [0.4, 0.5) is 5.69 Å². The average Bonchev–Trinajstić information content (AvgIpc) is 2.63. The number of aromatic nitrogens is 1. The van der Waals surface area contributed by atoms with Gasteiger partial charge >= 0.3 is 0 Å². The molecule has 0 aliphatic rings. The predicted octanol–water partition coefficient (Wildman–Crippen LogP) is 2.86. The van der Waals surface area contributed by atoms with Crippen molar-refractivity contribution >= 4 is 23.2 Å². The highest BCUT2D eigenvalue weighted by Crippen LogP contribution is 2.15. The molecule has 0 fully saturated rings. The summed E-state index contributed by atoms with van der Waals surface area (Å²) in [6.45, 7) is 0. The van der Waals surface area contributed by atoms with Crippen molar-refractivity contribution in [2.75, 3.05) is 5.32 Å². The number of hydrogen-bond donors (Lipinski definition) is 1. The van der Waals surface area contributed by atoms with E-state index in [2.05, 4.69) is 5.32 Å². The van der Waals surface area contributed by atoms with Crippen LogP contribution >= 0.6 is 11.6 Å². The van der Waals surface area contributed by atoms with Gasteiger partial charge in [-0.15, -0.1) is 0 Å². The molecule has 0 bridgehead atoms. The lowest BCUT2D eigenvalue weighted by atomic mass is 10.2. The number of benzene rings is 1. The first kappa shape index (κ1) is 11.7. The Morgan fingerprint density at radius 1 is 1.41 bits per heavy atom. The minimum Gasteiger partial charge on any atom is -0.357 e. The molecule has 2 aromatic rings. The van der Waals surface area contributed by atoms with Gasteiger partial charge in [-0.05, 0) is 29.8 Å². The molecule has 0 aliphatic heterocycles. The molecule has 88 valence electrons. The molecule has 1 aromatic carbocycles. The summed E-state index contributed by atoms with van der Waals surface area (Å²) in [7, 11) is 1.93. The molecule has 1 amide bonds. The van der Waals surface area contributed by atoms with E-state index in [1.54, 1.807) is 18.2 Å². The van der Waals surface area contributed by atoms with Crippen LogP contribution in [0.25, 0.3) is 0 Å². The number of carbonyl (C=O) groups is 1. The third-order valence-corrected chi connectivity index (χ3v) is 2.60. The van der Waals surface area contributed by atoms with E-state index in [0.717, 1.165) is 11.3 Å². The Kier molecular flexibility index (Phi) is 3.49. The van der Waals surface area contributed by atoms with Crippen LogP contribution in [0.1, 0.15) is 5.56 Å². The number of hydrogen-bond acceptors (Lipinski definition) is 1. The van der Waals surface area contributed by atoms with Crippen LogP contribution < -0.4 is 5.32 Å². The number of halogens is 1. The van der Waals surface area contributed by atoms with Gasteiger partial charge in [-0.1, -0.05) is 17.7 Å². The molecule has 0 saturated carbocycles. The standard InChI is InChI=1S/C13H13ClN2O/c1-16-6-5-10(9-16)7-13(17)15-12-4-2-3-11(14)8-12/h2-6,8-9H,7H2,1H3,(H,15,17). The van der Waals surface area contributed by atoms with Gasteiger partial charge in [0.1, 0.15) is 0 Å². The van der Waals surface area contributed by atoms with E-state index in [9.17, 15) is 4.79 Å². The summed E-state index contributed by atoms with van der Waals surface area (Å²) in [5, 5.41) is 3.42. The second-order valence-corrected chi connectivity index (χ2v) is 4.36. The Morgan fingerprint density at radius 3 is 2.88 bits per heavy atom. The first-order chi connectivity index (χ1) is 8.13. The molecule has 0 aliphatic carbocycles. The number of nitrogens with zero attached hydrogens (tertiary/aromatic N) is 1. The summed E-state index contributed by atoms with van der Waals surface area (Å²) in [4.78, 5) is 11.7. The summed E-state index contributed by atoms with van der Waals surface area (Å²) < 4.78 is 1.92. The maximum atomic E-state index is 11.7. The Labute approximate surface area is 105 Å². The molecule has 4 heteroatoms. The molecule has 1 N–H and O–H groups in total. The highest BCUT2D eigenvalue weighted by atomic mass is 35.5. The van der Waals surface area contributed by atoms with Crippen molar-refractivity contribution in [1.82, 2.24) is 4.57 Å². The normalized spacial score (nSPS) is 10.2. The van der Waals surface area contributed by atoms with Crippen molar-refractivity contribution in [3.05, 3.63) is 53.3 Å². The summed E-state index contributed by atoms with van der Waals surface area (Å²) in [6, 6.07) is 9.05. The zero-order valence-electron chi connectivity index (χ0n) is 9.48. The van der Waals surface area contributed by atoms with Crippen LogP contribution in [-0.2, 0) is 18.3 Å². The van der Waals surface area contributed by atoms with E-state index < -0.39 is 0 Å². The lowest BCUT2D eigenvalue weighted by molar-refractivity contribution is -0.115. The molecule has 1 heterocycles. The van der Waals surface area contributed by atoms with E-state index in [1.807, 2.05) is 36.1 Å². The fourth-order valence-electron chi connectivity index (χ4n) is 1.62. The first-order valence-electron chi connectivity index (χ1n) is 5.30. The van der Waals surface area contributed by atoms with Gasteiger partial charge in [0.25, 0.3) is 0 Å². The van der Waals surface area contributed by atoms with Crippen molar-refractivity contribution in [2.24, 2.45) is 7.05 Å². The molecule has 17 heavy (non-hydrogen) atoms. The molecule has 0 saturated heterocycles. The molecule has 0 spiro atoms. The summed E-state index contributed by atoms with van der Waals surface area (Å²) in [5.74, 6) is -0.0431. The van der Waals surface area contributed by atoms with E-state index in [-0.39, 0.29) is 5.91 Å². The Balaban J connectivity index is 1.98. The number of aryl methyl sites for hydroxylation is 1. The number of nitrogens with one attached hydrogen (secondary N) is 1. The quantitative estimate of drug-likeness (QED) is 0.891. The summed E-state index contributed by atoms with van der Waals surface area (Å²) >= 11 is 5.84. The molecule has 3 nitrogen and oxygen atoms in total. The lowest BCUT2D eigenvalue weighted by Crippen LogP contribution is -2.13. The van der Waals surface area contributed by atoms with Crippen LogP contribution in [0.3, 0.4) is 0 Å². The fourth-order valence-corrected chi connectivity index (χ4v) is 1.81. The molecule has 0 atom stereocenters. The number of carbonyl (C=O) groups excluding carboxylic acids is 1. The van der Waals surface area contributed by atoms with Gasteiger partial charge in [0.05, 0.1) is 6.42 Å². The SMILES string of the molecule is Cn1ccc(CC(=O)Nc2cccc(Cl)c2)c1. The van der Waals surface area contributed by atoms with E-state index in [0.29, 0.717) is 11.4 Å². The van der Waals surface area contributed by atoms with Crippen LogP contribution in [0, 0.1) is 0 Å². The number of rotatable bonds is 3. The highest BCUT2D eigenvalue weighted by Gasteiger charge is 2.05. The Morgan fingerprint density at radius 2 is 2.24 bits per heavy atom. The van der Waals surface area contributed by atoms with Crippen LogP contribution in [0.2, 0.25) is 5.02 Å². The zero-order valence-corrected chi connectivity index (χ0v) is 10.2. The highest BCUT2D eigenvalue weighted by molar-refractivity contribution is 6.30. The zero-order chi connectivity index (χ0) is 12.3. The van der Waals surface area contributed by atoms with Crippen molar-refractivity contribution in [3.63, 3.8) is 0 Å². The van der Waals surface area contributed by atoms with Gasteiger partial charge in [0.2, 0.25) is 5.91 Å². The van der Waals surface area contributed by atoms with Crippen molar-refractivity contribution in [1.29, 1.82) is 0 Å². The lowest BCUT2D eigenvalue weighted by Gasteiger charge is -2.04. The minimum absolute atomic E-state index is 0.0431. The number of anilines is 1.